The van der Waals surface area contributed by atoms with Crippen LogP contribution < -0.4 is 5.32 Å². The molecule has 1 heteroatoms. The van der Waals surface area contributed by atoms with Crippen LogP contribution in [-0.2, 0) is 6.42 Å². The van der Waals surface area contributed by atoms with Gasteiger partial charge in [0.1, 0.15) is 0 Å². The van der Waals surface area contributed by atoms with E-state index in [0.29, 0.717) is 0 Å². The minimum atomic E-state index is 0.870. The molecule has 1 N–H and O–H groups in total. The van der Waals surface area contributed by atoms with Crippen molar-refractivity contribution in [2.24, 2.45) is 0 Å². The standard InChI is InChI=1S/C19H21N/c1-14(2)17-7-5-16(6-8-17)13-15(3)18-9-11-19(20-4)12-10-18/h5-12,20H,1,3,13H2,2,4H3. The Morgan fingerprint density at radius 3 is 1.95 bits per heavy atom. The van der Waals surface area contributed by atoms with Crippen LogP contribution in [-0.4, -0.2) is 7.05 Å². The molecular weight excluding hydrogens is 242 g/mol. The number of rotatable bonds is 5. The molecule has 2 aromatic rings. The van der Waals surface area contributed by atoms with E-state index in [1.165, 1.54) is 16.7 Å². The van der Waals surface area contributed by atoms with Crippen molar-refractivity contribution in [1.29, 1.82) is 0 Å². The Morgan fingerprint density at radius 1 is 0.900 bits per heavy atom. The van der Waals surface area contributed by atoms with Crippen LogP contribution in [0.15, 0.2) is 61.7 Å². The van der Waals surface area contributed by atoms with E-state index in [0.717, 1.165) is 23.3 Å². The van der Waals surface area contributed by atoms with Gasteiger partial charge in [-0.1, -0.05) is 55.1 Å². The summed E-state index contributed by atoms with van der Waals surface area (Å²) in [5.41, 5.74) is 7.00. The van der Waals surface area contributed by atoms with E-state index in [4.69, 9.17) is 0 Å². The first-order chi connectivity index (χ1) is 9.60. The van der Waals surface area contributed by atoms with Crippen molar-refractivity contribution in [2.75, 3.05) is 12.4 Å². The number of hydrogen-bond donors (Lipinski definition) is 1. The summed E-state index contributed by atoms with van der Waals surface area (Å²) in [5.74, 6) is 0. The summed E-state index contributed by atoms with van der Waals surface area (Å²) in [6, 6.07) is 16.9. The lowest BCUT2D eigenvalue weighted by molar-refractivity contribution is 1.28. The van der Waals surface area contributed by atoms with Gasteiger partial charge in [0.05, 0.1) is 0 Å². The molecule has 0 spiro atoms. The van der Waals surface area contributed by atoms with E-state index in [1.807, 2.05) is 14.0 Å². The molecule has 0 saturated heterocycles. The second-order valence-corrected chi connectivity index (χ2v) is 5.08. The van der Waals surface area contributed by atoms with Crippen LogP contribution in [0.5, 0.6) is 0 Å². The van der Waals surface area contributed by atoms with E-state index in [9.17, 15) is 0 Å². The zero-order valence-electron chi connectivity index (χ0n) is 12.2. The van der Waals surface area contributed by atoms with Crippen LogP contribution >= 0.6 is 0 Å². The molecule has 2 aromatic carbocycles. The highest BCUT2D eigenvalue weighted by Gasteiger charge is 2.02. The topological polar surface area (TPSA) is 12.0 Å². The van der Waals surface area contributed by atoms with Crippen LogP contribution in [0, 0.1) is 0 Å². The van der Waals surface area contributed by atoms with Gasteiger partial charge in [-0.25, -0.2) is 0 Å². The van der Waals surface area contributed by atoms with Gasteiger partial charge in [-0.3, -0.25) is 0 Å². The number of nitrogens with one attached hydrogen (secondary N) is 1. The summed E-state index contributed by atoms with van der Waals surface area (Å²) in [6.45, 7) is 10.2. The predicted octanol–water partition coefficient (Wildman–Crippen LogP) is 5.02. The van der Waals surface area contributed by atoms with Crippen LogP contribution in [0.3, 0.4) is 0 Å². The summed E-state index contributed by atoms with van der Waals surface area (Å²) in [4.78, 5) is 0. The highest BCUT2D eigenvalue weighted by molar-refractivity contribution is 5.68. The van der Waals surface area contributed by atoms with Gasteiger partial charge in [-0.05, 0) is 47.7 Å². The van der Waals surface area contributed by atoms with Gasteiger partial charge in [0.25, 0.3) is 0 Å². The zero-order chi connectivity index (χ0) is 14.5. The first-order valence-corrected chi connectivity index (χ1v) is 6.81. The second-order valence-electron chi connectivity index (χ2n) is 5.08. The van der Waals surface area contributed by atoms with E-state index in [2.05, 4.69) is 67.0 Å². The van der Waals surface area contributed by atoms with Crippen LogP contribution in [0.25, 0.3) is 11.1 Å². The lowest BCUT2D eigenvalue weighted by atomic mass is 9.98. The minimum Gasteiger partial charge on any atom is -0.388 e. The Balaban J connectivity index is 2.08. The lowest BCUT2D eigenvalue weighted by Gasteiger charge is -2.08. The SMILES string of the molecule is C=C(C)c1ccc(CC(=C)c2ccc(NC)cc2)cc1. The molecule has 0 aromatic heterocycles. The number of anilines is 1. The molecule has 0 fully saturated rings. The third-order valence-electron chi connectivity index (χ3n) is 3.45. The van der Waals surface area contributed by atoms with Gasteiger partial charge in [0.2, 0.25) is 0 Å². The van der Waals surface area contributed by atoms with Crippen LogP contribution in [0.1, 0.15) is 23.6 Å². The molecular formula is C19H21N. The van der Waals surface area contributed by atoms with Crippen molar-refractivity contribution in [3.05, 3.63) is 78.4 Å². The van der Waals surface area contributed by atoms with E-state index in [1.54, 1.807) is 0 Å². The Hall–Kier alpha value is -2.28. The van der Waals surface area contributed by atoms with E-state index >= 15 is 0 Å². The third-order valence-corrected chi connectivity index (χ3v) is 3.45. The molecule has 0 aliphatic rings. The second kappa shape index (κ2) is 6.25. The summed E-state index contributed by atoms with van der Waals surface area (Å²) >= 11 is 0. The molecule has 0 amide bonds. The fraction of sp³-hybridized carbons (Fsp3) is 0.158. The summed E-state index contributed by atoms with van der Waals surface area (Å²) in [6.07, 6.45) is 0.870. The molecule has 0 aliphatic heterocycles. The molecule has 0 bridgehead atoms. The van der Waals surface area contributed by atoms with Gasteiger partial charge in [0, 0.05) is 12.7 Å². The first kappa shape index (κ1) is 14.1. The monoisotopic (exact) mass is 263 g/mol. The van der Waals surface area contributed by atoms with Gasteiger partial charge < -0.3 is 5.32 Å². The molecule has 102 valence electrons. The Labute approximate surface area is 121 Å². The highest BCUT2D eigenvalue weighted by atomic mass is 14.8. The number of hydrogen-bond acceptors (Lipinski definition) is 1. The molecule has 0 radical (unpaired) electrons. The highest BCUT2D eigenvalue weighted by Crippen LogP contribution is 2.21. The Morgan fingerprint density at radius 2 is 1.45 bits per heavy atom. The average molecular weight is 263 g/mol. The van der Waals surface area contributed by atoms with Crippen LogP contribution in [0.2, 0.25) is 0 Å². The van der Waals surface area contributed by atoms with Crippen molar-refractivity contribution in [3.63, 3.8) is 0 Å². The maximum absolute atomic E-state index is 4.20. The van der Waals surface area contributed by atoms with Crippen molar-refractivity contribution in [1.82, 2.24) is 0 Å². The summed E-state index contributed by atoms with van der Waals surface area (Å²) in [7, 11) is 1.92. The maximum atomic E-state index is 4.20. The Bertz CT molecular complexity index is 603. The predicted molar refractivity (Wildman–Crippen MR) is 89.9 cm³/mol. The molecule has 0 saturated carbocycles. The fourth-order valence-electron chi connectivity index (χ4n) is 2.13. The van der Waals surface area contributed by atoms with Gasteiger partial charge in [-0.15, -0.1) is 0 Å². The average Bonchev–Trinajstić information content (AvgIpc) is 2.48. The van der Waals surface area contributed by atoms with Crippen LogP contribution in [0.4, 0.5) is 5.69 Å². The molecule has 20 heavy (non-hydrogen) atoms. The van der Waals surface area contributed by atoms with E-state index in [-0.39, 0.29) is 0 Å². The minimum absolute atomic E-state index is 0.870. The molecule has 0 heterocycles. The van der Waals surface area contributed by atoms with Gasteiger partial charge in [-0.2, -0.15) is 0 Å². The smallest absolute Gasteiger partial charge is 0.0337 e. The fourth-order valence-corrected chi connectivity index (χ4v) is 2.13. The van der Waals surface area contributed by atoms with E-state index < -0.39 is 0 Å². The van der Waals surface area contributed by atoms with Gasteiger partial charge in [0.15, 0.2) is 0 Å². The largest absolute Gasteiger partial charge is 0.388 e. The van der Waals surface area contributed by atoms with Crippen molar-refractivity contribution in [3.8, 4) is 0 Å². The third kappa shape index (κ3) is 3.39. The molecule has 1 nitrogen and oxygen atoms in total. The molecule has 0 atom stereocenters. The van der Waals surface area contributed by atoms with Gasteiger partial charge >= 0.3 is 0 Å². The number of benzene rings is 2. The lowest BCUT2D eigenvalue weighted by Crippen LogP contribution is -1.92. The maximum Gasteiger partial charge on any atom is 0.0337 e. The zero-order valence-corrected chi connectivity index (χ0v) is 12.2. The molecule has 0 aliphatic carbocycles. The van der Waals surface area contributed by atoms with Crippen molar-refractivity contribution < 1.29 is 0 Å². The Kier molecular flexibility index (Phi) is 4.41. The summed E-state index contributed by atoms with van der Waals surface area (Å²) < 4.78 is 0. The molecule has 0 unspecified atom stereocenters. The number of allylic oxidation sites excluding steroid dienone is 2. The van der Waals surface area contributed by atoms with Crippen molar-refractivity contribution >= 4 is 16.8 Å². The molecule has 2 rings (SSSR count). The first-order valence-electron chi connectivity index (χ1n) is 6.81. The quantitative estimate of drug-likeness (QED) is 0.799. The van der Waals surface area contributed by atoms with Crippen molar-refractivity contribution in [2.45, 2.75) is 13.3 Å². The summed E-state index contributed by atoms with van der Waals surface area (Å²) in [5, 5.41) is 3.12. The normalized spacial score (nSPS) is 10.1.